The summed E-state index contributed by atoms with van der Waals surface area (Å²) in [5.74, 6) is -0.654. The normalized spacial score (nSPS) is 12.0. The second-order valence-corrected chi connectivity index (χ2v) is 12.3. The molecule has 2 aromatic heterocycles. The van der Waals surface area contributed by atoms with E-state index in [2.05, 4.69) is 4.37 Å². The Morgan fingerprint density at radius 3 is 2.39 bits per heavy atom. The van der Waals surface area contributed by atoms with Crippen molar-refractivity contribution in [1.82, 2.24) is 18.2 Å². The lowest BCUT2D eigenvalue weighted by molar-refractivity contribution is -0.144. The van der Waals surface area contributed by atoms with Crippen molar-refractivity contribution in [3.63, 3.8) is 0 Å². The maximum atomic E-state index is 13.3. The number of halogens is 3. The molecule has 0 saturated carbocycles. The van der Waals surface area contributed by atoms with Crippen LogP contribution in [0.15, 0.2) is 81.2 Å². The Morgan fingerprint density at radius 2 is 1.70 bits per heavy atom. The van der Waals surface area contributed by atoms with Crippen LogP contribution in [0.1, 0.15) is 16.8 Å². The van der Waals surface area contributed by atoms with Gasteiger partial charge in [-0.1, -0.05) is 23.8 Å². The maximum Gasteiger partial charge on any atom is 0.431 e. The smallest absolute Gasteiger partial charge is 0.431 e. The Kier molecular flexibility index (Phi) is 7.94. The van der Waals surface area contributed by atoms with Crippen molar-refractivity contribution >= 4 is 37.5 Å². The zero-order valence-corrected chi connectivity index (χ0v) is 24.9. The molecule has 44 heavy (non-hydrogen) atoms. The van der Waals surface area contributed by atoms with Crippen molar-refractivity contribution in [2.75, 3.05) is 6.61 Å². The number of aromatic nitrogens is 3. The van der Waals surface area contributed by atoms with Crippen LogP contribution < -0.4 is 20.7 Å². The number of fused-ring (bicyclic) bond motifs is 1. The summed E-state index contributed by atoms with van der Waals surface area (Å²) in [5, 5.41) is 0.517. The van der Waals surface area contributed by atoms with Crippen molar-refractivity contribution in [2.24, 2.45) is 7.05 Å². The molecule has 5 aromatic rings. The van der Waals surface area contributed by atoms with Gasteiger partial charge in [-0.05, 0) is 73.4 Å². The molecule has 0 aliphatic carbocycles. The highest BCUT2D eigenvalue weighted by molar-refractivity contribution is 7.90. The lowest BCUT2D eigenvalue weighted by Gasteiger charge is -2.14. The Labute approximate surface area is 252 Å². The van der Waals surface area contributed by atoms with Crippen molar-refractivity contribution in [3.8, 4) is 22.7 Å². The fourth-order valence-corrected chi connectivity index (χ4v) is 6.19. The molecule has 0 saturated heterocycles. The number of aryl methyl sites for hydroxylation is 2. The van der Waals surface area contributed by atoms with E-state index in [1.54, 1.807) is 50.2 Å². The highest BCUT2D eigenvalue weighted by atomic mass is 32.2. The topological polar surface area (TPSA) is 129 Å². The summed E-state index contributed by atoms with van der Waals surface area (Å²) in [6, 6.07) is 15.8. The first-order chi connectivity index (χ1) is 20.7. The van der Waals surface area contributed by atoms with E-state index in [1.807, 2.05) is 4.72 Å². The molecule has 15 heteroatoms. The second-order valence-electron chi connectivity index (χ2n) is 9.86. The van der Waals surface area contributed by atoms with Crippen molar-refractivity contribution in [2.45, 2.75) is 24.9 Å². The van der Waals surface area contributed by atoms with E-state index in [-0.39, 0.29) is 16.3 Å². The van der Waals surface area contributed by atoms with Crippen LogP contribution in [0.25, 0.3) is 27.0 Å². The second kappa shape index (κ2) is 11.4. The van der Waals surface area contributed by atoms with Gasteiger partial charge in [-0.25, -0.2) is 22.5 Å². The average Bonchev–Trinajstić information content (AvgIpc) is 3.37. The van der Waals surface area contributed by atoms with E-state index in [0.29, 0.717) is 36.5 Å². The van der Waals surface area contributed by atoms with Crippen LogP contribution in [0.5, 0.6) is 5.75 Å². The number of carbonyl (C=O) groups excluding carboxylic acids is 1. The largest absolute Gasteiger partial charge is 0.484 e. The van der Waals surface area contributed by atoms with Gasteiger partial charge in [0, 0.05) is 24.1 Å². The van der Waals surface area contributed by atoms with E-state index in [1.165, 1.54) is 24.3 Å². The quantitative estimate of drug-likeness (QED) is 0.279. The summed E-state index contributed by atoms with van der Waals surface area (Å²) in [4.78, 5) is 37.8. The van der Waals surface area contributed by atoms with Gasteiger partial charge in [-0.3, -0.25) is 14.2 Å². The molecule has 3 aromatic carbocycles. The van der Waals surface area contributed by atoms with Gasteiger partial charge < -0.3 is 4.74 Å². The minimum absolute atomic E-state index is 0.0507. The minimum atomic E-state index is -4.89. The zero-order chi connectivity index (χ0) is 32.0. The molecule has 10 nitrogen and oxygen atoms in total. The molecule has 0 aliphatic rings. The molecule has 1 amide bonds. The van der Waals surface area contributed by atoms with Crippen LogP contribution in [-0.4, -0.2) is 34.4 Å². The number of sulfonamides is 1. The van der Waals surface area contributed by atoms with Gasteiger partial charge in [-0.2, -0.15) is 17.5 Å². The summed E-state index contributed by atoms with van der Waals surface area (Å²) >= 11 is 1.13. The highest BCUT2D eigenvalue weighted by Crippen LogP contribution is 2.35. The van der Waals surface area contributed by atoms with Crippen molar-refractivity contribution < 1.29 is 31.1 Å². The molecule has 1 N–H and O–H groups in total. The molecule has 0 radical (unpaired) electrons. The molecule has 0 unspecified atom stereocenters. The van der Waals surface area contributed by atoms with Crippen molar-refractivity contribution in [3.05, 3.63) is 104 Å². The Balaban J connectivity index is 1.43. The van der Waals surface area contributed by atoms with Gasteiger partial charge in [0.25, 0.3) is 21.5 Å². The van der Waals surface area contributed by atoms with E-state index in [0.717, 1.165) is 29.7 Å². The predicted molar refractivity (Wildman–Crippen MR) is 158 cm³/mol. The average molecular weight is 645 g/mol. The van der Waals surface area contributed by atoms with Gasteiger partial charge in [0.2, 0.25) is 0 Å². The van der Waals surface area contributed by atoms with Crippen LogP contribution in [-0.2, 0) is 28.0 Å². The fourth-order valence-electron chi connectivity index (χ4n) is 4.45. The SMILES string of the molecule is Cc1ccc(S(=O)(=O)NC(=O)COc2ccc(C)c(-c3nsc4ccc(-n5c(=O)cc(C(F)(F)F)n(C)c5=O)cc34)c2)cc1. The number of amides is 1. The molecule has 2 heterocycles. The number of nitrogens with zero attached hydrogens (tertiary/aromatic N) is 3. The number of alkyl halides is 3. The first-order valence-corrected chi connectivity index (χ1v) is 15.1. The third kappa shape index (κ3) is 6.01. The van der Waals surface area contributed by atoms with Crippen LogP contribution in [0.2, 0.25) is 0 Å². The number of nitrogens with one attached hydrogen (secondary N) is 1. The predicted octanol–water partition coefficient (Wildman–Crippen LogP) is 4.33. The van der Waals surface area contributed by atoms with Crippen molar-refractivity contribution in [1.29, 1.82) is 0 Å². The first kappa shape index (κ1) is 30.7. The Morgan fingerprint density at radius 1 is 1.00 bits per heavy atom. The van der Waals surface area contributed by atoms with Gasteiger partial charge in [0.05, 0.1) is 21.0 Å². The van der Waals surface area contributed by atoms with Crippen LogP contribution in [0.3, 0.4) is 0 Å². The van der Waals surface area contributed by atoms with Gasteiger partial charge in [0.1, 0.15) is 11.4 Å². The number of rotatable bonds is 7. The molecular weight excluding hydrogens is 621 g/mol. The molecule has 0 bridgehead atoms. The number of benzene rings is 3. The lowest BCUT2D eigenvalue weighted by atomic mass is 10.0. The van der Waals surface area contributed by atoms with Crippen LogP contribution >= 0.6 is 11.5 Å². The molecule has 0 aliphatic heterocycles. The van der Waals surface area contributed by atoms with E-state index in [4.69, 9.17) is 4.74 Å². The summed E-state index contributed by atoms with van der Waals surface area (Å²) < 4.78 is 78.6. The number of carbonyl (C=O) groups is 1. The standard InChI is InChI=1S/C29H23F3N4O6S2/c1-16-4-9-20(10-5-16)44(40,41)34-25(37)15-42-19-8-6-17(2)21(13-19)27-22-12-18(7-11-23(22)43-33-27)36-26(38)14-24(29(30,31)32)35(3)28(36)39/h4-14H,15H2,1-3H3,(H,34,37). The van der Waals surface area contributed by atoms with E-state index < -0.39 is 45.7 Å². The number of ether oxygens (including phenoxy) is 1. The molecular formula is C29H23F3N4O6S2. The summed E-state index contributed by atoms with van der Waals surface area (Å²) in [6.45, 7) is 3.00. The zero-order valence-electron chi connectivity index (χ0n) is 23.3. The summed E-state index contributed by atoms with van der Waals surface area (Å²) in [7, 11) is -3.16. The molecule has 5 rings (SSSR count). The number of hydrogen-bond donors (Lipinski definition) is 1. The number of hydrogen-bond acceptors (Lipinski definition) is 8. The van der Waals surface area contributed by atoms with Gasteiger partial charge >= 0.3 is 11.9 Å². The van der Waals surface area contributed by atoms with E-state index >= 15 is 0 Å². The minimum Gasteiger partial charge on any atom is -0.484 e. The third-order valence-corrected chi connectivity index (χ3v) is 8.95. The van der Waals surface area contributed by atoms with Crippen LogP contribution in [0.4, 0.5) is 13.2 Å². The van der Waals surface area contributed by atoms with Gasteiger partial charge in [-0.15, -0.1) is 0 Å². The van der Waals surface area contributed by atoms with Crippen LogP contribution in [0, 0.1) is 13.8 Å². The maximum absolute atomic E-state index is 13.3. The molecule has 0 fully saturated rings. The van der Waals surface area contributed by atoms with Gasteiger partial charge in [0.15, 0.2) is 6.61 Å². The molecule has 0 atom stereocenters. The first-order valence-electron chi connectivity index (χ1n) is 12.8. The summed E-state index contributed by atoms with van der Waals surface area (Å²) in [5.41, 5.74) is -0.989. The Bertz CT molecular complexity index is 2150. The highest BCUT2D eigenvalue weighted by Gasteiger charge is 2.35. The molecule has 0 spiro atoms. The fraction of sp³-hybridized carbons (Fsp3) is 0.172. The Hall–Kier alpha value is -4.76. The van der Waals surface area contributed by atoms with E-state index in [9.17, 15) is 36.0 Å². The third-order valence-electron chi connectivity index (χ3n) is 6.74. The summed E-state index contributed by atoms with van der Waals surface area (Å²) in [6.07, 6.45) is -4.89. The lowest BCUT2D eigenvalue weighted by Crippen LogP contribution is -2.40. The monoisotopic (exact) mass is 644 g/mol. The molecule has 228 valence electrons.